The topological polar surface area (TPSA) is 132 Å². The lowest BCUT2D eigenvalue weighted by atomic mass is 10.3. The molecule has 0 radical (unpaired) electrons. The number of nitrogens with two attached hydrogens (primary N) is 1. The number of carbonyl (C=O) groups is 1. The number of nitrogens with zero attached hydrogens (tertiary/aromatic N) is 6. The third kappa shape index (κ3) is 5.00. The van der Waals surface area contributed by atoms with E-state index in [1.807, 2.05) is 5.92 Å². The molecule has 1 aliphatic rings. The molecule has 12 heteroatoms. The third-order valence-corrected chi connectivity index (χ3v) is 5.17. The zero-order valence-electron chi connectivity index (χ0n) is 16.9. The maximum Gasteiger partial charge on any atom is 0.301 e. The molecule has 3 rings (SSSR count). The highest BCUT2D eigenvalue weighted by Gasteiger charge is 2.23. The van der Waals surface area contributed by atoms with Crippen LogP contribution in [-0.2, 0) is 4.79 Å². The first kappa shape index (κ1) is 21.4. The molecule has 11 nitrogen and oxygen atoms in total. The van der Waals surface area contributed by atoms with Crippen LogP contribution in [0.25, 0.3) is 0 Å². The number of hydrogen-bond acceptors (Lipinski definition) is 11. The molecular weight excluding hydrogens is 408 g/mol. The number of methoxy groups -OCH3 is 2. The molecular formula is C18H22N8O3S. The predicted molar refractivity (Wildman–Crippen MR) is 113 cm³/mol. The highest BCUT2D eigenvalue weighted by atomic mass is 32.2. The van der Waals surface area contributed by atoms with E-state index in [1.165, 1.54) is 20.3 Å². The third-order valence-electron chi connectivity index (χ3n) is 4.26. The van der Waals surface area contributed by atoms with E-state index in [4.69, 9.17) is 21.6 Å². The fourth-order valence-corrected chi connectivity index (χ4v) is 3.62. The Hall–Kier alpha value is -3.30. The Morgan fingerprint density at radius 3 is 2.37 bits per heavy atom. The van der Waals surface area contributed by atoms with Gasteiger partial charge in [0.2, 0.25) is 17.7 Å². The Labute approximate surface area is 178 Å². The summed E-state index contributed by atoms with van der Waals surface area (Å²) in [7, 11) is 5.10. The maximum absolute atomic E-state index is 11.4. The van der Waals surface area contributed by atoms with Gasteiger partial charge in [-0.3, -0.25) is 10.1 Å². The quantitative estimate of drug-likeness (QED) is 0.486. The molecule has 0 atom stereocenters. The summed E-state index contributed by atoms with van der Waals surface area (Å²) in [5.41, 5.74) is 5.83. The fourth-order valence-electron chi connectivity index (χ4n) is 2.71. The highest BCUT2D eigenvalue weighted by molar-refractivity contribution is 7.99. The van der Waals surface area contributed by atoms with Crippen LogP contribution in [0.4, 0.5) is 17.6 Å². The van der Waals surface area contributed by atoms with Gasteiger partial charge in [-0.05, 0) is 24.7 Å². The van der Waals surface area contributed by atoms with Crippen LogP contribution < -0.4 is 25.4 Å². The van der Waals surface area contributed by atoms with Gasteiger partial charge < -0.3 is 25.0 Å². The van der Waals surface area contributed by atoms with Crippen molar-refractivity contribution in [2.45, 2.75) is 10.1 Å². The summed E-state index contributed by atoms with van der Waals surface area (Å²) in [5.74, 6) is 2.82. The Bertz CT molecular complexity index is 947. The van der Waals surface area contributed by atoms with Crippen LogP contribution in [0.15, 0.2) is 16.1 Å². The maximum atomic E-state index is 11.4. The van der Waals surface area contributed by atoms with E-state index in [9.17, 15) is 4.79 Å². The summed E-state index contributed by atoms with van der Waals surface area (Å²) in [5, 5.41) is 2.69. The van der Waals surface area contributed by atoms with Gasteiger partial charge in [0.25, 0.3) is 0 Å². The average molecular weight is 430 g/mol. The molecule has 1 saturated heterocycles. The molecule has 0 aromatic carbocycles. The van der Waals surface area contributed by atoms with E-state index in [0.29, 0.717) is 22.6 Å². The molecule has 0 bridgehead atoms. The number of piperazine rings is 1. The number of nitrogen functional groups attached to an aromatic ring is 1. The normalized spacial score (nSPS) is 14.1. The van der Waals surface area contributed by atoms with Crippen molar-refractivity contribution in [3.05, 3.63) is 6.07 Å². The second kappa shape index (κ2) is 9.47. The fraction of sp³-hybridized carbons (Fsp3) is 0.389. The van der Waals surface area contributed by atoms with Crippen LogP contribution in [0.1, 0.15) is 0 Å². The summed E-state index contributed by atoms with van der Waals surface area (Å²) in [6.45, 7) is 3.42. The SMILES string of the molecule is C#CC(=O)Nc1cc(N)nc(Sc2c(OC)nc(N3CCN(C)CC3)nc2OC)n1. The van der Waals surface area contributed by atoms with Gasteiger partial charge in [-0.2, -0.15) is 9.97 Å². The lowest BCUT2D eigenvalue weighted by Gasteiger charge is -2.32. The largest absolute Gasteiger partial charge is 0.480 e. The van der Waals surface area contributed by atoms with Crippen molar-refractivity contribution >= 4 is 35.3 Å². The number of nitrogens with one attached hydrogen (secondary N) is 1. The second-order valence-corrected chi connectivity index (χ2v) is 7.30. The molecule has 1 aliphatic heterocycles. The molecule has 1 fully saturated rings. The number of carbonyl (C=O) groups excluding carboxylic acids is 1. The van der Waals surface area contributed by atoms with Crippen LogP contribution in [0.2, 0.25) is 0 Å². The number of hydrogen-bond donors (Lipinski definition) is 2. The van der Waals surface area contributed by atoms with Crippen LogP contribution >= 0.6 is 11.8 Å². The van der Waals surface area contributed by atoms with E-state index in [-0.39, 0.29) is 16.8 Å². The number of ether oxygens (including phenoxy) is 2. The van der Waals surface area contributed by atoms with Gasteiger partial charge >= 0.3 is 5.91 Å². The minimum absolute atomic E-state index is 0.160. The van der Waals surface area contributed by atoms with Gasteiger partial charge in [-0.15, -0.1) is 6.42 Å². The monoisotopic (exact) mass is 430 g/mol. The smallest absolute Gasteiger partial charge is 0.301 e. The van der Waals surface area contributed by atoms with Gasteiger partial charge in [0.05, 0.1) is 14.2 Å². The van der Waals surface area contributed by atoms with E-state index in [2.05, 4.69) is 42.1 Å². The van der Waals surface area contributed by atoms with Crippen molar-refractivity contribution in [3.8, 4) is 24.1 Å². The minimum atomic E-state index is -0.640. The molecule has 3 N–H and O–H groups in total. The van der Waals surface area contributed by atoms with Gasteiger partial charge in [-0.1, -0.05) is 0 Å². The number of amides is 1. The summed E-state index contributed by atoms with van der Waals surface area (Å²) in [4.78, 5) is 33.8. The van der Waals surface area contributed by atoms with Gasteiger partial charge in [-0.25, -0.2) is 9.97 Å². The molecule has 3 heterocycles. The summed E-state index contributed by atoms with van der Waals surface area (Å²) < 4.78 is 11.0. The number of rotatable bonds is 6. The molecule has 30 heavy (non-hydrogen) atoms. The minimum Gasteiger partial charge on any atom is -0.480 e. The van der Waals surface area contributed by atoms with Gasteiger partial charge in [0, 0.05) is 32.2 Å². The Morgan fingerprint density at radius 1 is 1.17 bits per heavy atom. The van der Waals surface area contributed by atoms with Crippen molar-refractivity contribution in [2.75, 3.05) is 63.4 Å². The van der Waals surface area contributed by atoms with Crippen molar-refractivity contribution < 1.29 is 14.3 Å². The van der Waals surface area contributed by atoms with Crippen LogP contribution in [0.3, 0.4) is 0 Å². The van der Waals surface area contributed by atoms with Crippen molar-refractivity contribution in [3.63, 3.8) is 0 Å². The Morgan fingerprint density at radius 2 is 1.80 bits per heavy atom. The Balaban J connectivity index is 1.92. The number of terminal acetylenes is 1. The molecule has 0 saturated carbocycles. The van der Waals surface area contributed by atoms with Gasteiger partial charge in [0.15, 0.2) is 5.16 Å². The summed E-state index contributed by atoms with van der Waals surface area (Å²) in [6.07, 6.45) is 5.08. The molecule has 158 valence electrons. The number of aromatic nitrogens is 4. The first-order chi connectivity index (χ1) is 14.4. The van der Waals surface area contributed by atoms with Crippen LogP contribution in [0.5, 0.6) is 11.8 Å². The van der Waals surface area contributed by atoms with Crippen molar-refractivity contribution in [2.24, 2.45) is 0 Å². The molecule has 2 aromatic rings. The first-order valence-corrected chi connectivity index (χ1v) is 9.78. The van der Waals surface area contributed by atoms with Gasteiger partial charge in [0.1, 0.15) is 16.5 Å². The molecule has 0 spiro atoms. The lowest BCUT2D eigenvalue weighted by Crippen LogP contribution is -2.45. The predicted octanol–water partition coefficient (Wildman–Crippen LogP) is 0.341. The van der Waals surface area contributed by atoms with E-state index < -0.39 is 5.91 Å². The van der Waals surface area contributed by atoms with Crippen LogP contribution in [0, 0.1) is 12.3 Å². The highest BCUT2D eigenvalue weighted by Crippen LogP contribution is 2.40. The number of likely N-dealkylation sites (N-methyl/N-ethyl adjacent to an activating group) is 1. The van der Waals surface area contributed by atoms with Crippen molar-refractivity contribution in [1.29, 1.82) is 0 Å². The van der Waals surface area contributed by atoms with Crippen molar-refractivity contribution in [1.82, 2.24) is 24.8 Å². The average Bonchev–Trinajstić information content (AvgIpc) is 2.73. The summed E-state index contributed by atoms with van der Waals surface area (Å²) in [6, 6.07) is 1.40. The first-order valence-electron chi connectivity index (χ1n) is 8.97. The lowest BCUT2D eigenvalue weighted by molar-refractivity contribution is -0.111. The van der Waals surface area contributed by atoms with E-state index >= 15 is 0 Å². The van der Waals surface area contributed by atoms with E-state index in [1.54, 1.807) is 0 Å². The molecule has 0 unspecified atom stereocenters. The van der Waals surface area contributed by atoms with E-state index in [0.717, 1.165) is 37.9 Å². The standard InChI is InChI=1S/C18H22N8O3S/c1-5-13(27)21-12-10-11(19)20-18(22-12)30-14-15(28-3)23-17(24-16(14)29-4)26-8-6-25(2)7-9-26/h1,10H,6-9H2,2-4H3,(H3,19,20,21,22,27). The molecule has 2 aromatic heterocycles. The second-order valence-electron chi connectivity index (χ2n) is 6.32. The number of anilines is 3. The molecule has 0 aliphatic carbocycles. The zero-order valence-corrected chi connectivity index (χ0v) is 17.7. The Kier molecular flexibility index (Phi) is 6.76. The zero-order chi connectivity index (χ0) is 21.7. The molecule has 1 amide bonds. The van der Waals surface area contributed by atoms with Crippen LogP contribution in [-0.4, -0.2) is 78.2 Å². The summed E-state index contributed by atoms with van der Waals surface area (Å²) >= 11 is 1.10.